The Hall–Kier alpha value is 0.200. The van der Waals surface area contributed by atoms with Crippen LogP contribution in [0.4, 0.5) is 4.39 Å². The van der Waals surface area contributed by atoms with Crippen molar-refractivity contribution in [3.63, 3.8) is 0 Å². The Morgan fingerprint density at radius 1 is 0.923 bits per heavy atom. The summed E-state index contributed by atoms with van der Waals surface area (Å²) in [6.45, 7) is 0. The molecule has 0 aliphatic carbocycles. The maximum Gasteiger partial charge on any atom is 0.131 e. The highest BCUT2D eigenvalue weighted by molar-refractivity contribution is 7.79. The first-order valence-electron chi connectivity index (χ1n) is 3.85. The molecule has 0 aliphatic rings. The predicted octanol–water partition coefficient (Wildman–Crippen LogP) is 3.12. The van der Waals surface area contributed by atoms with E-state index < -0.39 is 0 Å². The number of thiol groups is 3. The zero-order chi connectivity index (χ0) is 9.84. The number of hydrogen-bond acceptors (Lipinski definition) is 3. The Balaban J connectivity index is 3.20. The normalized spacial score (nSPS) is 10.5. The molecule has 4 heteroatoms. The topological polar surface area (TPSA) is 0 Å². The molecule has 1 aromatic rings. The lowest BCUT2D eigenvalue weighted by Gasteiger charge is -2.07. The van der Waals surface area contributed by atoms with Gasteiger partial charge in [-0.2, -0.15) is 37.9 Å². The van der Waals surface area contributed by atoms with Crippen LogP contribution in [0.25, 0.3) is 0 Å². The summed E-state index contributed by atoms with van der Waals surface area (Å²) in [6, 6.07) is 3.59. The van der Waals surface area contributed by atoms with Crippen LogP contribution in [0.3, 0.4) is 0 Å². The van der Waals surface area contributed by atoms with E-state index >= 15 is 0 Å². The molecule has 13 heavy (non-hydrogen) atoms. The Bertz CT molecular complexity index is 274. The lowest BCUT2D eigenvalue weighted by atomic mass is 10.1. The van der Waals surface area contributed by atoms with Crippen LogP contribution < -0.4 is 0 Å². The summed E-state index contributed by atoms with van der Waals surface area (Å²) in [7, 11) is 0. The van der Waals surface area contributed by atoms with E-state index in [9.17, 15) is 4.39 Å². The molecular formula is C9H11FS3. The van der Waals surface area contributed by atoms with Crippen LogP contribution in [0.15, 0.2) is 12.1 Å². The van der Waals surface area contributed by atoms with Gasteiger partial charge in [-0.25, -0.2) is 4.39 Å². The van der Waals surface area contributed by atoms with Crippen LogP contribution in [0.1, 0.15) is 16.7 Å². The average Bonchev–Trinajstić information content (AvgIpc) is 2.18. The second-order valence-electron chi connectivity index (χ2n) is 2.70. The van der Waals surface area contributed by atoms with Gasteiger partial charge in [0.25, 0.3) is 0 Å². The van der Waals surface area contributed by atoms with Crippen LogP contribution in [-0.4, -0.2) is 0 Å². The largest absolute Gasteiger partial charge is 0.206 e. The highest BCUT2D eigenvalue weighted by Gasteiger charge is 2.07. The molecule has 0 nitrogen and oxygen atoms in total. The van der Waals surface area contributed by atoms with E-state index in [1.807, 2.05) is 0 Å². The van der Waals surface area contributed by atoms with Gasteiger partial charge in [-0.3, -0.25) is 0 Å². The summed E-state index contributed by atoms with van der Waals surface area (Å²) in [5, 5.41) is 0. The molecular weight excluding hydrogens is 223 g/mol. The molecule has 0 bridgehead atoms. The van der Waals surface area contributed by atoms with Crippen LogP contribution in [-0.2, 0) is 17.3 Å². The van der Waals surface area contributed by atoms with Crippen molar-refractivity contribution in [1.82, 2.24) is 0 Å². The maximum atomic E-state index is 13.5. The number of benzene rings is 1. The van der Waals surface area contributed by atoms with Gasteiger partial charge in [0.2, 0.25) is 0 Å². The molecule has 0 spiro atoms. The van der Waals surface area contributed by atoms with Gasteiger partial charge in [-0.05, 0) is 16.7 Å². The minimum Gasteiger partial charge on any atom is -0.206 e. The molecule has 0 aliphatic heterocycles. The van der Waals surface area contributed by atoms with E-state index in [1.54, 1.807) is 12.1 Å². The van der Waals surface area contributed by atoms with Crippen molar-refractivity contribution in [2.24, 2.45) is 0 Å². The summed E-state index contributed by atoms with van der Waals surface area (Å²) in [6.07, 6.45) is 0. The Labute approximate surface area is 94.2 Å². The molecule has 0 saturated carbocycles. The molecule has 0 fully saturated rings. The summed E-state index contributed by atoms with van der Waals surface area (Å²) in [5.41, 5.74) is 2.26. The highest BCUT2D eigenvalue weighted by Crippen LogP contribution is 2.20. The van der Waals surface area contributed by atoms with Gasteiger partial charge in [-0.15, -0.1) is 0 Å². The molecule has 1 rings (SSSR count). The van der Waals surface area contributed by atoms with Crippen molar-refractivity contribution < 1.29 is 4.39 Å². The van der Waals surface area contributed by atoms with Crippen LogP contribution in [0, 0.1) is 5.82 Å². The molecule has 0 radical (unpaired) electrons. The van der Waals surface area contributed by atoms with Gasteiger partial charge in [0.05, 0.1) is 0 Å². The van der Waals surface area contributed by atoms with Crippen LogP contribution >= 0.6 is 37.9 Å². The van der Waals surface area contributed by atoms with Gasteiger partial charge in [0.15, 0.2) is 0 Å². The fourth-order valence-electron chi connectivity index (χ4n) is 1.14. The zero-order valence-corrected chi connectivity index (χ0v) is 9.68. The SMILES string of the molecule is Fc1c(CS)cc(CS)cc1CS. The smallest absolute Gasteiger partial charge is 0.131 e. The molecule has 0 heterocycles. The van der Waals surface area contributed by atoms with Crippen molar-refractivity contribution in [3.8, 4) is 0 Å². The second kappa shape index (κ2) is 5.17. The zero-order valence-electron chi connectivity index (χ0n) is 7.00. The molecule has 0 N–H and O–H groups in total. The third-order valence-electron chi connectivity index (χ3n) is 1.81. The van der Waals surface area contributed by atoms with Crippen LogP contribution in [0.5, 0.6) is 0 Å². The number of hydrogen-bond donors (Lipinski definition) is 3. The van der Waals surface area contributed by atoms with E-state index in [0.29, 0.717) is 28.4 Å². The first-order valence-corrected chi connectivity index (χ1v) is 5.75. The van der Waals surface area contributed by atoms with Crippen molar-refractivity contribution in [1.29, 1.82) is 0 Å². The lowest BCUT2D eigenvalue weighted by molar-refractivity contribution is 0.606. The first-order chi connectivity index (χ1) is 6.22. The van der Waals surface area contributed by atoms with Gasteiger partial charge in [0.1, 0.15) is 5.82 Å². The Kier molecular flexibility index (Phi) is 4.49. The molecule has 0 saturated heterocycles. The molecule has 72 valence electrons. The van der Waals surface area contributed by atoms with Crippen molar-refractivity contribution in [3.05, 3.63) is 34.6 Å². The van der Waals surface area contributed by atoms with Gasteiger partial charge < -0.3 is 0 Å². The van der Waals surface area contributed by atoms with Crippen molar-refractivity contribution in [2.45, 2.75) is 17.3 Å². The van der Waals surface area contributed by atoms with Gasteiger partial charge >= 0.3 is 0 Å². The van der Waals surface area contributed by atoms with E-state index in [0.717, 1.165) is 5.56 Å². The standard InChI is InChI=1S/C9H11FS3/c10-9-7(4-12)1-6(3-11)2-8(9)5-13/h1-2,11-13H,3-5H2. The number of rotatable bonds is 3. The third-order valence-corrected chi connectivity index (χ3v) is 2.85. The monoisotopic (exact) mass is 234 g/mol. The van der Waals surface area contributed by atoms with E-state index in [-0.39, 0.29) is 5.82 Å². The van der Waals surface area contributed by atoms with E-state index in [2.05, 4.69) is 37.9 Å². The predicted molar refractivity (Wildman–Crippen MR) is 64.5 cm³/mol. The summed E-state index contributed by atoms with van der Waals surface area (Å²) >= 11 is 12.3. The quantitative estimate of drug-likeness (QED) is 0.658. The van der Waals surface area contributed by atoms with Crippen LogP contribution in [0.2, 0.25) is 0 Å². The fraction of sp³-hybridized carbons (Fsp3) is 0.333. The number of halogens is 1. The Morgan fingerprint density at radius 3 is 1.69 bits per heavy atom. The highest BCUT2D eigenvalue weighted by atomic mass is 32.1. The second-order valence-corrected chi connectivity index (χ2v) is 3.65. The third kappa shape index (κ3) is 2.58. The van der Waals surface area contributed by atoms with E-state index in [1.165, 1.54) is 0 Å². The molecule has 0 atom stereocenters. The maximum absolute atomic E-state index is 13.5. The summed E-state index contributed by atoms with van der Waals surface area (Å²) in [5.74, 6) is 1.25. The molecule has 0 aromatic heterocycles. The lowest BCUT2D eigenvalue weighted by Crippen LogP contribution is -1.95. The van der Waals surface area contributed by atoms with Crippen molar-refractivity contribution in [2.75, 3.05) is 0 Å². The molecule has 1 aromatic carbocycles. The first kappa shape index (κ1) is 11.3. The molecule has 0 unspecified atom stereocenters. The minimum atomic E-state index is -0.185. The summed E-state index contributed by atoms with van der Waals surface area (Å²) < 4.78 is 13.5. The summed E-state index contributed by atoms with van der Waals surface area (Å²) in [4.78, 5) is 0. The average molecular weight is 234 g/mol. The Morgan fingerprint density at radius 2 is 1.38 bits per heavy atom. The van der Waals surface area contributed by atoms with E-state index in [4.69, 9.17) is 0 Å². The van der Waals surface area contributed by atoms with Gasteiger partial charge in [0, 0.05) is 17.3 Å². The molecule has 0 amide bonds. The fourth-order valence-corrected chi connectivity index (χ4v) is 1.79. The van der Waals surface area contributed by atoms with Gasteiger partial charge in [-0.1, -0.05) is 12.1 Å². The minimum absolute atomic E-state index is 0.185. The van der Waals surface area contributed by atoms with Crippen molar-refractivity contribution >= 4 is 37.9 Å².